The van der Waals surface area contributed by atoms with Crippen LogP contribution < -0.4 is 15.5 Å². The summed E-state index contributed by atoms with van der Waals surface area (Å²) >= 11 is 0. The average Bonchev–Trinajstić information content (AvgIpc) is 3.44. The number of aromatic nitrogens is 2. The number of piperazine rings is 1. The number of carbonyl (C=O) groups is 1. The molecule has 3 aromatic rings. The zero-order valence-corrected chi connectivity index (χ0v) is 20.5. The fourth-order valence-electron chi connectivity index (χ4n) is 4.93. The Morgan fingerprint density at radius 2 is 1.91 bits per heavy atom. The van der Waals surface area contributed by atoms with Crippen molar-refractivity contribution in [2.24, 2.45) is 12.0 Å². The summed E-state index contributed by atoms with van der Waals surface area (Å²) in [5.41, 5.74) is 5.44. The molecule has 1 amide bonds. The molecule has 2 aromatic heterocycles. The van der Waals surface area contributed by atoms with Crippen molar-refractivity contribution in [1.82, 2.24) is 19.8 Å². The molecule has 0 spiro atoms. The first-order chi connectivity index (χ1) is 17.0. The fourth-order valence-corrected chi connectivity index (χ4v) is 4.93. The maximum absolute atomic E-state index is 12.9. The smallest absolute Gasteiger partial charge is 0.254 e. The highest BCUT2D eigenvalue weighted by atomic mass is 16.1. The van der Waals surface area contributed by atoms with Crippen molar-refractivity contribution in [3.05, 3.63) is 70.9 Å². The quantitative estimate of drug-likeness (QED) is 0.535. The van der Waals surface area contributed by atoms with Gasteiger partial charge in [-0.05, 0) is 61.7 Å². The Hall–Kier alpha value is -3.91. The topological polar surface area (TPSA) is 77.8 Å². The van der Waals surface area contributed by atoms with Crippen LogP contribution in [0, 0.1) is 0 Å². The van der Waals surface area contributed by atoms with Gasteiger partial charge in [0.2, 0.25) is 0 Å². The van der Waals surface area contributed by atoms with Gasteiger partial charge in [-0.25, -0.2) is 9.98 Å². The summed E-state index contributed by atoms with van der Waals surface area (Å²) in [5, 5.41) is 6.42. The van der Waals surface area contributed by atoms with Crippen LogP contribution in [0.4, 0.5) is 23.1 Å². The van der Waals surface area contributed by atoms with Gasteiger partial charge >= 0.3 is 0 Å². The first-order valence-corrected chi connectivity index (χ1v) is 11.9. The molecule has 2 aliphatic heterocycles. The number of aryl methyl sites for hydroxylation is 1. The summed E-state index contributed by atoms with van der Waals surface area (Å²) < 4.78 is 1.95. The Balaban J connectivity index is 1.49. The van der Waals surface area contributed by atoms with E-state index >= 15 is 0 Å². The molecule has 1 fully saturated rings. The van der Waals surface area contributed by atoms with E-state index in [-0.39, 0.29) is 5.91 Å². The Kier molecular flexibility index (Phi) is 6.13. The average molecular weight is 470 g/mol. The van der Waals surface area contributed by atoms with Gasteiger partial charge in [-0.3, -0.25) is 4.79 Å². The maximum Gasteiger partial charge on any atom is 0.254 e. The minimum atomic E-state index is -0.0786. The van der Waals surface area contributed by atoms with Gasteiger partial charge in [0.1, 0.15) is 17.5 Å². The number of anilines is 3. The highest BCUT2D eigenvalue weighted by Gasteiger charge is 2.28. The van der Waals surface area contributed by atoms with Crippen LogP contribution in [0.3, 0.4) is 0 Å². The van der Waals surface area contributed by atoms with Crippen LogP contribution in [-0.4, -0.2) is 60.3 Å². The SMILES string of the molecule is C=Nc1c(/C(=C\C)c2ccc(Nc3cccc(N4CCN(C)CC4)n3)c3c2CNC3=O)ccn1C. The van der Waals surface area contributed by atoms with E-state index < -0.39 is 0 Å². The Labute approximate surface area is 206 Å². The number of fused-ring (bicyclic) bond motifs is 1. The van der Waals surface area contributed by atoms with Gasteiger partial charge in [0, 0.05) is 51.5 Å². The van der Waals surface area contributed by atoms with Gasteiger partial charge in [-0.2, -0.15) is 0 Å². The van der Waals surface area contributed by atoms with E-state index in [1.165, 1.54) is 0 Å². The number of hydrogen-bond donors (Lipinski definition) is 2. The molecule has 0 atom stereocenters. The van der Waals surface area contributed by atoms with Crippen LogP contribution in [0.5, 0.6) is 0 Å². The van der Waals surface area contributed by atoms with Crippen molar-refractivity contribution >= 4 is 41.3 Å². The third kappa shape index (κ3) is 4.21. The number of allylic oxidation sites excluding steroid dienone is 1. The molecular formula is C27H31N7O. The maximum atomic E-state index is 12.9. The van der Waals surface area contributed by atoms with E-state index in [4.69, 9.17) is 4.98 Å². The molecular weight excluding hydrogens is 438 g/mol. The lowest BCUT2D eigenvalue weighted by Gasteiger charge is -2.33. The van der Waals surface area contributed by atoms with Crippen molar-refractivity contribution < 1.29 is 4.79 Å². The van der Waals surface area contributed by atoms with Crippen molar-refractivity contribution in [3.8, 4) is 0 Å². The predicted octanol–water partition coefficient (Wildman–Crippen LogP) is 3.94. The summed E-state index contributed by atoms with van der Waals surface area (Å²) in [7, 11) is 4.09. The molecule has 2 N–H and O–H groups in total. The predicted molar refractivity (Wildman–Crippen MR) is 142 cm³/mol. The van der Waals surface area contributed by atoms with Gasteiger partial charge in [-0.15, -0.1) is 0 Å². The summed E-state index contributed by atoms with van der Waals surface area (Å²) in [6.45, 7) is 10.2. The lowest BCUT2D eigenvalue weighted by molar-refractivity contribution is 0.0966. The van der Waals surface area contributed by atoms with E-state index in [2.05, 4.69) is 51.3 Å². The van der Waals surface area contributed by atoms with Crippen LogP contribution in [0.15, 0.2) is 53.7 Å². The number of rotatable bonds is 6. The number of nitrogens with zero attached hydrogens (tertiary/aromatic N) is 5. The van der Waals surface area contributed by atoms with Crippen molar-refractivity contribution in [3.63, 3.8) is 0 Å². The zero-order valence-electron chi connectivity index (χ0n) is 20.5. The third-order valence-corrected chi connectivity index (χ3v) is 6.85. The molecule has 0 bridgehead atoms. The zero-order chi connectivity index (χ0) is 24.5. The fraction of sp³-hybridized carbons (Fsp3) is 0.296. The summed E-state index contributed by atoms with van der Waals surface area (Å²) in [6.07, 6.45) is 4.04. The van der Waals surface area contributed by atoms with Gasteiger partial charge in [-0.1, -0.05) is 18.2 Å². The van der Waals surface area contributed by atoms with E-state index in [9.17, 15) is 4.79 Å². The van der Waals surface area contributed by atoms with Crippen LogP contribution in [-0.2, 0) is 13.6 Å². The molecule has 180 valence electrons. The number of pyridine rings is 1. The van der Waals surface area contributed by atoms with Crippen LogP contribution in [0.25, 0.3) is 5.57 Å². The third-order valence-electron chi connectivity index (χ3n) is 6.85. The summed E-state index contributed by atoms with van der Waals surface area (Å²) in [6, 6.07) is 12.1. The molecule has 35 heavy (non-hydrogen) atoms. The number of carbonyl (C=O) groups excluding carboxylic acids is 1. The van der Waals surface area contributed by atoms with E-state index in [1.54, 1.807) is 0 Å². The standard InChI is InChI=1S/C27H31N7O/c1-5-18(20-11-12-33(4)26(20)28-2)19-9-10-22(25-21(19)17-29-27(25)35)30-23-7-6-8-24(31-23)34-15-13-32(3)14-16-34/h5-12H,2,13-17H2,1,3-4H3,(H,29,35)(H,30,31)/b18-5-. The molecule has 1 aromatic carbocycles. The number of likely N-dealkylation sites (N-methyl/N-ethyl adjacent to an activating group) is 1. The van der Waals surface area contributed by atoms with E-state index in [1.807, 2.05) is 55.1 Å². The van der Waals surface area contributed by atoms with E-state index in [0.29, 0.717) is 12.1 Å². The Morgan fingerprint density at radius 3 is 2.66 bits per heavy atom. The lowest BCUT2D eigenvalue weighted by Crippen LogP contribution is -2.44. The second-order valence-electron chi connectivity index (χ2n) is 9.02. The van der Waals surface area contributed by atoms with Gasteiger partial charge in [0.05, 0.1) is 11.3 Å². The molecule has 0 saturated carbocycles. The Morgan fingerprint density at radius 1 is 1.11 bits per heavy atom. The van der Waals surface area contributed by atoms with Crippen molar-refractivity contribution in [2.75, 3.05) is 43.4 Å². The van der Waals surface area contributed by atoms with Crippen molar-refractivity contribution in [1.29, 1.82) is 0 Å². The molecule has 0 aliphatic carbocycles. The first-order valence-electron chi connectivity index (χ1n) is 11.9. The normalized spacial score (nSPS) is 16.3. The summed E-state index contributed by atoms with van der Waals surface area (Å²) in [4.78, 5) is 26.6. The van der Waals surface area contributed by atoms with Gasteiger partial charge < -0.3 is 25.0 Å². The molecule has 8 nitrogen and oxygen atoms in total. The molecule has 1 saturated heterocycles. The van der Waals surface area contributed by atoms with E-state index in [0.717, 1.165) is 71.6 Å². The highest BCUT2D eigenvalue weighted by Crippen LogP contribution is 2.38. The monoisotopic (exact) mass is 469 g/mol. The first kappa shape index (κ1) is 22.9. The van der Waals surface area contributed by atoms with Crippen LogP contribution in [0.1, 0.15) is 34.0 Å². The highest BCUT2D eigenvalue weighted by molar-refractivity contribution is 6.06. The minimum Gasteiger partial charge on any atom is -0.354 e. The minimum absolute atomic E-state index is 0.0786. The number of hydrogen-bond acceptors (Lipinski definition) is 6. The lowest BCUT2D eigenvalue weighted by atomic mass is 9.91. The largest absolute Gasteiger partial charge is 0.354 e. The molecule has 0 radical (unpaired) electrons. The molecule has 5 rings (SSSR count). The molecule has 0 unspecified atom stereocenters. The number of nitrogens with one attached hydrogen (secondary N) is 2. The second kappa shape index (κ2) is 9.38. The number of amides is 1. The molecule has 4 heterocycles. The second-order valence-corrected chi connectivity index (χ2v) is 9.02. The number of benzene rings is 1. The van der Waals surface area contributed by atoms with Crippen molar-refractivity contribution in [2.45, 2.75) is 13.5 Å². The molecule has 2 aliphatic rings. The van der Waals surface area contributed by atoms with Crippen LogP contribution in [0.2, 0.25) is 0 Å². The number of aliphatic imine (C=N–C) groups is 1. The van der Waals surface area contributed by atoms with Gasteiger partial charge in [0.15, 0.2) is 0 Å². The van der Waals surface area contributed by atoms with Gasteiger partial charge in [0.25, 0.3) is 5.91 Å². The molecule has 8 heteroatoms. The van der Waals surface area contributed by atoms with Crippen LogP contribution >= 0.6 is 0 Å². The summed E-state index contributed by atoms with van der Waals surface area (Å²) in [5.74, 6) is 2.40. The Bertz CT molecular complexity index is 1320.